The molecule has 1 aromatic heterocycles. The maximum Gasteiger partial charge on any atom is 0.272 e. The molecule has 0 radical (unpaired) electrons. The minimum absolute atomic E-state index is 0.128. The van der Waals surface area contributed by atoms with Gasteiger partial charge in [0.15, 0.2) is 11.6 Å². The summed E-state index contributed by atoms with van der Waals surface area (Å²) in [5, 5.41) is 4.37. The molecule has 0 fully saturated rings. The van der Waals surface area contributed by atoms with Crippen LogP contribution in [0.2, 0.25) is 0 Å². The average Bonchev–Trinajstić information content (AvgIpc) is 3.15. The fourth-order valence-electron chi connectivity index (χ4n) is 3.19. The molecule has 0 saturated carbocycles. The van der Waals surface area contributed by atoms with Crippen LogP contribution in [0.3, 0.4) is 0 Å². The predicted molar refractivity (Wildman–Crippen MR) is 101 cm³/mol. The lowest BCUT2D eigenvalue weighted by atomic mass is 10.1. The summed E-state index contributed by atoms with van der Waals surface area (Å²) in [5.74, 6) is 0.0483. The standard InChI is InChI=1S/C21H20FN3O3/c1-27-19-11-16(7-8-17(19)22)13-24-9-10-25-18(21(24)26)12-20(23-25)28-14-15-5-3-2-4-6-15/h2-8,11-12H,9-10,13-14H2,1H3. The van der Waals surface area contributed by atoms with Crippen LogP contribution in [0, 0.1) is 5.82 Å². The Kier molecular flexibility index (Phi) is 4.97. The topological polar surface area (TPSA) is 56.6 Å². The maximum absolute atomic E-state index is 13.6. The first kappa shape index (κ1) is 18.0. The van der Waals surface area contributed by atoms with Crippen molar-refractivity contribution < 1.29 is 18.7 Å². The van der Waals surface area contributed by atoms with Gasteiger partial charge in [0, 0.05) is 19.2 Å². The normalized spacial score (nSPS) is 13.4. The number of amides is 1. The molecule has 28 heavy (non-hydrogen) atoms. The number of hydrogen-bond donors (Lipinski definition) is 0. The van der Waals surface area contributed by atoms with Crippen molar-refractivity contribution in [1.82, 2.24) is 14.7 Å². The van der Waals surface area contributed by atoms with Gasteiger partial charge in [0.1, 0.15) is 12.3 Å². The number of hydrogen-bond acceptors (Lipinski definition) is 4. The Morgan fingerprint density at radius 3 is 2.68 bits per heavy atom. The van der Waals surface area contributed by atoms with Gasteiger partial charge in [-0.1, -0.05) is 36.4 Å². The first-order valence-corrected chi connectivity index (χ1v) is 9.00. The summed E-state index contributed by atoms with van der Waals surface area (Å²) in [7, 11) is 1.42. The number of aromatic nitrogens is 2. The Morgan fingerprint density at radius 2 is 1.89 bits per heavy atom. The van der Waals surface area contributed by atoms with Gasteiger partial charge >= 0.3 is 0 Å². The third-order valence-electron chi connectivity index (χ3n) is 4.66. The van der Waals surface area contributed by atoms with E-state index >= 15 is 0 Å². The largest absolute Gasteiger partial charge is 0.494 e. The van der Waals surface area contributed by atoms with Crippen LogP contribution in [0.5, 0.6) is 11.6 Å². The minimum Gasteiger partial charge on any atom is -0.494 e. The summed E-state index contributed by atoms with van der Waals surface area (Å²) in [5.41, 5.74) is 2.33. The van der Waals surface area contributed by atoms with Gasteiger partial charge < -0.3 is 14.4 Å². The number of carbonyl (C=O) groups is 1. The van der Waals surface area contributed by atoms with Gasteiger partial charge in [0.05, 0.1) is 13.7 Å². The van der Waals surface area contributed by atoms with Crippen LogP contribution < -0.4 is 9.47 Å². The van der Waals surface area contributed by atoms with Crippen molar-refractivity contribution in [2.75, 3.05) is 13.7 Å². The highest BCUT2D eigenvalue weighted by Gasteiger charge is 2.27. The molecular formula is C21H20FN3O3. The second kappa shape index (κ2) is 7.72. The molecule has 0 atom stereocenters. The van der Waals surface area contributed by atoms with Crippen LogP contribution in [0.4, 0.5) is 4.39 Å². The Hall–Kier alpha value is -3.35. The fourth-order valence-corrected chi connectivity index (χ4v) is 3.19. The van der Waals surface area contributed by atoms with E-state index in [9.17, 15) is 9.18 Å². The number of ether oxygens (including phenoxy) is 2. The van der Waals surface area contributed by atoms with Gasteiger partial charge in [-0.3, -0.25) is 9.48 Å². The number of benzene rings is 2. The number of nitrogens with zero attached hydrogens (tertiary/aromatic N) is 3. The van der Waals surface area contributed by atoms with E-state index in [1.54, 1.807) is 27.8 Å². The molecule has 0 N–H and O–H groups in total. The molecule has 4 rings (SSSR count). The lowest BCUT2D eigenvalue weighted by Crippen LogP contribution is -2.39. The monoisotopic (exact) mass is 381 g/mol. The summed E-state index contributed by atoms with van der Waals surface area (Å²) >= 11 is 0. The van der Waals surface area contributed by atoms with E-state index in [2.05, 4.69) is 5.10 Å². The number of rotatable bonds is 6. The van der Waals surface area contributed by atoms with E-state index in [-0.39, 0.29) is 11.7 Å². The van der Waals surface area contributed by atoms with Gasteiger partial charge in [-0.05, 0) is 23.3 Å². The average molecular weight is 381 g/mol. The van der Waals surface area contributed by atoms with Gasteiger partial charge in [0.2, 0.25) is 5.88 Å². The molecule has 2 heterocycles. The summed E-state index contributed by atoms with van der Waals surface area (Å²) in [6.07, 6.45) is 0. The molecule has 0 unspecified atom stereocenters. The molecule has 1 aliphatic heterocycles. The highest BCUT2D eigenvalue weighted by Crippen LogP contribution is 2.23. The summed E-state index contributed by atoms with van der Waals surface area (Å²) < 4.78 is 26.0. The van der Waals surface area contributed by atoms with Crippen LogP contribution >= 0.6 is 0 Å². The highest BCUT2D eigenvalue weighted by molar-refractivity contribution is 5.93. The van der Waals surface area contributed by atoms with Crippen molar-refractivity contribution in [2.24, 2.45) is 0 Å². The molecule has 2 aromatic carbocycles. The molecule has 1 amide bonds. The van der Waals surface area contributed by atoms with Crippen LogP contribution in [0.25, 0.3) is 0 Å². The van der Waals surface area contributed by atoms with Crippen molar-refractivity contribution >= 4 is 5.91 Å². The van der Waals surface area contributed by atoms with E-state index in [1.165, 1.54) is 13.2 Å². The smallest absolute Gasteiger partial charge is 0.272 e. The van der Waals surface area contributed by atoms with Crippen molar-refractivity contribution in [1.29, 1.82) is 0 Å². The van der Waals surface area contributed by atoms with Crippen LogP contribution in [-0.2, 0) is 19.7 Å². The molecule has 1 aliphatic rings. The van der Waals surface area contributed by atoms with E-state index in [1.807, 2.05) is 30.3 Å². The first-order chi connectivity index (χ1) is 13.6. The van der Waals surface area contributed by atoms with Gasteiger partial charge in [-0.25, -0.2) is 4.39 Å². The van der Waals surface area contributed by atoms with Gasteiger partial charge in [-0.15, -0.1) is 5.10 Å². The molecule has 0 aliphatic carbocycles. The Balaban J connectivity index is 1.45. The zero-order chi connectivity index (χ0) is 19.5. The van der Waals surface area contributed by atoms with Crippen molar-refractivity contribution in [3.63, 3.8) is 0 Å². The minimum atomic E-state index is -0.422. The summed E-state index contributed by atoms with van der Waals surface area (Å²) in [6.45, 7) is 1.87. The number of halogens is 1. The van der Waals surface area contributed by atoms with E-state index in [0.717, 1.165) is 11.1 Å². The van der Waals surface area contributed by atoms with Crippen LogP contribution in [0.15, 0.2) is 54.6 Å². The lowest BCUT2D eigenvalue weighted by molar-refractivity contribution is 0.0683. The fraction of sp³-hybridized carbons (Fsp3) is 0.238. The summed E-state index contributed by atoms with van der Waals surface area (Å²) in [6, 6.07) is 16.1. The number of methoxy groups -OCH3 is 1. The van der Waals surface area contributed by atoms with Gasteiger partial charge in [0.25, 0.3) is 5.91 Å². The lowest BCUT2D eigenvalue weighted by Gasteiger charge is -2.27. The van der Waals surface area contributed by atoms with E-state index in [0.29, 0.717) is 37.8 Å². The van der Waals surface area contributed by atoms with Crippen molar-refractivity contribution in [3.8, 4) is 11.6 Å². The molecule has 3 aromatic rings. The third kappa shape index (κ3) is 3.69. The Labute approximate surface area is 162 Å². The molecule has 7 heteroatoms. The van der Waals surface area contributed by atoms with E-state index in [4.69, 9.17) is 9.47 Å². The van der Waals surface area contributed by atoms with Crippen LogP contribution in [-0.4, -0.2) is 34.2 Å². The quantitative estimate of drug-likeness (QED) is 0.658. The summed E-state index contributed by atoms with van der Waals surface area (Å²) in [4.78, 5) is 14.5. The maximum atomic E-state index is 13.6. The second-order valence-electron chi connectivity index (χ2n) is 6.56. The second-order valence-corrected chi connectivity index (χ2v) is 6.56. The molecule has 144 valence electrons. The predicted octanol–water partition coefficient (Wildman–Crippen LogP) is 3.27. The zero-order valence-corrected chi connectivity index (χ0v) is 15.5. The molecular weight excluding hydrogens is 361 g/mol. The SMILES string of the molecule is COc1cc(CN2CCn3nc(OCc4ccccc4)cc3C2=O)ccc1F. The highest BCUT2D eigenvalue weighted by atomic mass is 19.1. The van der Waals surface area contributed by atoms with Gasteiger partial charge in [-0.2, -0.15) is 0 Å². The van der Waals surface area contributed by atoms with Crippen molar-refractivity contribution in [2.45, 2.75) is 19.7 Å². The van der Waals surface area contributed by atoms with Crippen molar-refractivity contribution in [3.05, 3.63) is 77.2 Å². The molecule has 6 nitrogen and oxygen atoms in total. The first-order valence-electron chi connectivity index (χ1n) is 9.00. The van der Waals surface area contributed by atoms with Crippen LogP contribution in [0.1, 0.15) is 21.6 Å². The Morgan fingerprint density at radius 1 is 1.07 bits per heavy atom. The van der Waals surface area contributed by atoms with E-state index < -0.39 is 5.82 Å². The number of fused-ring (bicyclic) bond motifs is 1. The molecule has 0 spiro atoms. The Bertz CT molecular complexity index is 988. The third-order valence-corrected chi connectivity index (χ3v) is 4.66. The molecule has 0 saturated heterocycles. The number of carbonyl (C=O) groups excluding carboxylic acids is 1. The zero-order valence-electron chi connectivity index (χ0n) is 15.5. The molecule has 0 bridgehead atoms.